The third-order valence-corrected chi connectivity index (χ3v) is 23.5. The molecule has 0 fully saturated rings. The number of aromatic amines is 1. The quantitative estimate of drug-likeness (QED) is 0.694. The minimum atomic E-state index is -3.51. The van der Waals surface area contributed by atoms with E-state index < -0.39 is 15.9 Å². The van der Waals surface area contributed by atoms with Crippen molar-refractivity contribution in [3.63, 3.8) is 0 Å². The van der Waals surface area contributed by atoms with Crippen molar-refractivity contribution in [3.8, 4) is 0 Å². The Morgan fingerprint density at radius 2 is 1.76 bits per heavy atom. The van der Waals surface area contributed by atoms with Gasteiger partial charge in [-0.2, -0.15) is 0 Å². The summed E-state index contributed by atoms with van der Waals surface area (Å²) < 4.78 is 10.8. The molecule has 0 atom stereocenters. The number of H-pyrrole nitrogens is 1. The van der Waals surface area contributed by atoms with E-state index >= 15 is 0 Å². The van der Waals surface area contributed by atoms with Crippen molar-refractivity contribution in [2.45, 2.75) is 20.3 Å². The molecular formula is C16H24Cl2NSiZr. The average Bonchev–Trinajstić information content (AvgIpc) is 2.98. The van der Waals surface area contributed by atoms with Crippen LogP contribution in [0.4, 0.5) is 0 Å². The Bertz CT molecular complexity index is 792. The summed E-state index contributed by atoms with van der Waals surface area (Å²) in [7, 11) is 0. The first kappa shape index (κ1) is 19.0. The monoisotopic (exact) mass is 418 g/mol. The van der Waals surface area contributed by atoms with Crippen molar-refractivity contribution in [1.82, 2.24) is 4.98 Å². The Morgan fingerprint density at radius 3 is 2.33 bits per heavy atom. The van der Waals surface area contributed by atoms with Crippen LogP contribution in [-0.2, 0) is 15.9 Å². The van der Waals surface area contributed by atoms with E-state index in [1.54, 1.807) is 3.28 Å². The molecule has 0 radical (unpaired) electrons. The molecule has 1 aromatic heterocycles. The maximum atomic E-state index is 3.72. The van der Waals surface area contributed by atoms with Crippen LogP contribution in [0.1, 0.15) is 6.42 Å². The molecule has 1 heterocycles. The molecular weight excluding hydrogens is 396 g/mol. The van der Waals surface area contributed by atoms with Gasteiger partial charge in [-0.25, -0.2) is 0 Å². The summed E-state index contributed by atoms with van der Waals surface area (Å²) >= 11 is -3.51. The molecule has 1 aromatic carbocycles. The van der Waals surface area contributed by atoms with Crippen LogP contribution in [0, 0.1) is 0 Å². The van der Waals surface area contributed by atoms with E-state index in [4.69, 9.17) is 0 Å². The van der Waals surface area contributed by atoms with Gasteiger partial charge in [0.1, 0.15) is 0 Å². The van der Waals surface area contributed by atoms with Gasteiger partial charge < -0.3 is 0 Å². The molecule has 1 nitrogen and oxygen atoms in total. The Labute approximate surface area is 138 Å². The molecule has 0 saturated heterocycles. The third kappa shape index (κ3) is 3.03. The number of halogens is 2. The molecule has 3 rings (SSSR count). The van der Waals surface area contributed by atoms with E-state index in [1.165, 1.54) is 14.3 Å². The zero-order valence-electron chi connectivity index (χ0n) is 12.8. The summed E-state index contributed by atoms with van der Waals surface area (Å²) in [6.45, 7) is 2.28. The van der Waals surface area contributed by atoms with E-state index in [0.717, 1.165) is 6.42 Å². The standard InChI is InChI=1S/C8H6N.C5H5.3CH3.2ClH.H2Si.Zr/c1-2-4-8-7(3-1)5-6-9-8;1-2-4-5-3-1;;;;;;;/h1-5,9H;1-3H,4H2;3*1H3;2*1H;1H2;. The molecule has 0 unspecified atom stereocenters. The number of nitrogens with one attached hydrogen (secondary N) is 1. The third-order valence-electron chi connectivity index (χ3n) is 4.79. The summed E-state index contributed by atoms with van der Waals surface area (Å²) in [5.74, 6) is 0. The molecule has 1 N–H and O–H groups in total. The molecule has 0 spiro atoms. The van der Waals surface area contributed by atoms with Gasteiger partial charge in [0, 0.05) is 0 Å². The van der Waals surface area contributed by atoms with Crippen LogP contribution < -0.4 is 3.40 Å². The molecule has 5 heteroatoms. The van der Waals surface area contributed by atoms with Crippen LogP contribution in [-0.4, -0.2) is 11.9 Å². The van der Waals surface area contributed by atoms with Crippen molar-refractivity contribution in [2.75, 3.05) is 0 Å². The number of allylic oxidation sites excluding steroid dienone is 4. The van der Waals surface area contributed by atoms with Gasteiger partial charge in [0.25, 0.3) is 0 Å². The first-order valence-corrected chi connectivity index (χ1v) is 22.7. The van der Waals surface area contributed by atoms with Crippen LogP contribution in [0.15, 0.2) is 51.8 Å². The predicted octanol–water partition coefficient (Wildman–Crippen LogP) is 4.40. The topological polar surface area (TPSA) is 15.8 Å². The van der Waals surface area contributed by atoms with Gasteiger partial charge in [0.05, 0.1) is 0 Å². The molecule has 2 aromatic rings. The van der Waals surface area contributed by atoms with Gasteiger partial charge in [-0.05, 0) is 0 Å². The van der Waals surface area contributed by atoms with Crippen LogP contribution in [0.2, 0.25) is 13.9 Å². The molecule has 115 valence electrons. The first-order chi connectivity index (χ1) is 8.70. The Kier molecular flexibility index (Phi) is 4.73. The summed E-state index contributed by atoms with van der Waals surface area (Å²) in [6, 6.07) is 11.0. The number of hydrogen-bond acceptors (Lipinski definition) is 0. The average molecular weight is 421 g/mol. The molecule has 0 aliphatic heterocycles. The van der Waals surface area contributed by atoms with E-state index in [0.29, 0.717) is 0 Å². The van der Waals surface area contributed by atoms with Crippen molar-refractivity contribution in [2.24, 2.45) is 0 Å². The van der Waals surface area contributed by atoms with Gasteiger partial charge in [0.2, 0.25) is 0 Å². The SMILES string of the molecule is Cl.Cl.[CH3][Zr]([CH3])([CH3])(=[SiH2])([C]1=CC=CC1)[c]1cc2ccccc2[nH]1. The van der Waals surface area contributed by atoms with E-state index in [9.17, 15) is 0 Å². The normalized spacial score (nSPS) is 17.4. The van der Waals surface area contributed by atoms with Crippen LogP contribution in [0.25, 0.3) is 10.9 Å². The van der Waals surface area contributed by atoms with Crippen molar-refractivity contribution >= 4 is 46.0 Å². The van der Waals surface area contributed by atoms with E-state index in [2.05, 4.69) is 74.3 Å². The second-order valence-corrected chi connectivity index (χ2v) is 50.1. The molecule has 21 heavy (non-hydrogen) atoms. The molecule has 0 amide bonds. The number of aromatic nitrogens is 1. The predicted molar refractivity (Wildman–Crippen MR) is 100 cm³/mol. The van der Waals surface area contributed by atoms with Gasteiger partial charge in [-0.3, -0.25) is 0 Å². The second-order valence-electron chi connectivity index (χ2n) is 8.13. The fourth-order valence-electron chi connectivity index (χ4n) is 3.04. The Balaban J connectivity index is 0.00000110. The van der Waals surface area contributed by atoms with E-state index in [1.807, 2.05) is 0 Å². The van der Waals surface area contributed by atoms with Gasteiger partial charge in [0.15, 0.2) is 0 Å². The van der Waals surface area contributed by atoms with Crippen LogP contribution in [0.3, 0.4) is 0 Å². The zero-order valence-corrected chi connectivity index (χ0v) is 18.4. The number of para-hydroxylation sites is 1. The zero-order chi connectivity index (χ0) is 13.8. The summed E-state index contributed by atoms with van der Waals surface area (Å²) in [5, 5.41) is 1.33. The number of fused-ring (bicyclic) bond motifs is 1. The number of rotatable bonds is 2. The Hall–Kier alpha value is -0.0800. The van der Waals surface area contributed by atoms with Gasteiger partial charge in [-0.1, -0.05) is 0 Å². The van der Waals surface area contributed by atoms with Gasteiger partial charge >= 0.3 is 114 Å². The minimum absolute atomic E-state index is 0. The fourth-order valence-corrected chi connectivity index (χ4v) is 14.4. The molecule has 0 bridgehead atoms. The van der Waals surface area contributed by atoms with Crippen LogP contribution >= 0.6 is 24.8 Å². The number of hydrogen-bond donors (Lipinski definition) is 1. The maximum absolute atomic E-state index is 3.72. The molecule has 1 aliphatic carbocycles. The summed E-state index contributed by atoms with van der Waals surface area (Å²) in [5.41, 5.74) is 1.26. The van der Waals surface area contributed by atoms with Crippen LogP contribution in [0.5, 0.6) is 0 Å². The summed E-state index contributed by atoms with van der Waals surface area (Å²) in [4.78, 5) is 3.72. The second kappa shape index (κ2) is 5.23. The Morgan fingerprint density at radius 1 is 1.10 bits per heavy atom. The van der Waals surface area contributed by atoms with E-state index in [-0.39, 0.29) is 24.8 Å². The van der Waals surface area contributed by atoms with Crippen molar-refractivity contribution in [1.29, 1.82) is 0 Å². The molecule has 0 saturated carbocycles. The van der Waals surface area contributed by atoms with Gasteiger partial charge in [-0.15, -0.1) is 24.8 Å². The van der Waals surface area contributed by atoms with Crippen molar-refractivity contribution < 1.29 is 15.9 Å². The summed E-state index contributed by atoms with van der Waals surface area (Å²) in [6.07, 6.45) is 7.99. The molecule has 1 aliphatic rings. The number of benzene rings is 1. The fraction of sp³-hybridized carbons (Fsp3) is 0.250. The first-order valence-electron chi connectivity index (χ1n) is 6.98. The van der Waals surface area contributed by atoms with Crippen molar-refractivity contribution in [3.05, 3.63) is 51.8 Å².